The molecule has 1 aromatic carbocycles. The first kappa shape index (κ1) is 9.98. The van der Waals surface area contributed by atoms with Gasteiger partial charge in [0, 0.05) is 0 Å². The standard InChI is InChI=1S/C6H6O.CH3O.Na/c7-6-4-2-1-3-5-6;1-2;/h1-5,7H;2H,1H2;. The molecule has 0 fully saturated rings. The number of hydrogen-bond donors (Lipinski definition) is 2. The number of benzene rings is 1. The average molecular weight is 148 g/mol. The first-order valence-corrected chi connectivity index (χ1v) is 4.57. The normalized spacial score (nSPS) is 7.90. The predicted octanol–water partition coefficient (Wildman–Crippen LogP) is 0.497. The van der Waals surface area contributed by atoms with Crippen molar-refractivity contribution in [2.24, 2.45) is 0 Å². The first-order chi connectivity index (χ1) is 4.81. The second-order valence-electron chi connectivity index (χ2n) is 1.65. The van der Waals surface area contributed by atoms with Crippen LogP contribution in [0.1, 0.15) is 0 Å². The summed E-state index contributed by atoms with van der Waals surface area (Å²) in [4.78, 5) is 0. The van der Waals surface area contributed by atoms with E-state index in [2.05, 4.69) is 0 Å². The minimum Gasteiger partial charge on any atom is -0.508 e. The van der Waals surface area contributed by atoms with Crippen LogP contribution < -0.4 is 0 Å². The van der Waals surface area contributed by atoms with Gasteiger partial charge >= 0.3 is 36.9 Å². The number of phenols is 1. The van der Waals surface area contributed by atoms with Crippen molar-refractivity contribution in [3.8, 4) is 5.75 Å². The molecule has 1 rings (SSSR count). The summed E-state index contributed by atoms with van der Waals surface area (Å²) in [7, 11) is 0. The van der Waals surface area contributed by atoms with Crippen molar-refractivity contribution >= 4 is 27.9 Å². The van der Waals surface area contributed by atoms with Gasteiger partial charge in [0.25, 0.3) is 0 Å². The summed E-state index contributed by atoms with van der Waals surface area (Å²) < 4.78 is 0.389. The van der Waals surface area contributed by atoms with Gasteiger partial charge in [-0.25, -0.2) is 0 Å². The Labute approximate surface area is 77.9 Å². The molecule has 0 spiro atoms. The molecular formula is C7H9NaO2. The van der Waals surface area contributed by atoms with E-state index in [1.54, 1.807) is 24.3 Å². The SMILES string of the molecule is O[CH2][Na].Oc1ccccc1. The van der Waals surface area contributed by atoms with E-state index in [4.69, 9.17) is 10.2 Å². The van der Waals surface area contributed by atoms with Crippen molar-refractivity contribution in [2.75, 3.05) is 3.86 Å². The van der Waals surface area contributed by atoms with Gasteiger partial charge in [0.05, 0.1) is 0 Å². The van der Waals surface area contributed by atoms with Gasteiger partial charge in [-0.15, -0.1) is 0 Å². The van der Waals surface area contributed by atoms with Gasteiger partial charge in [-0.1, -0.05) is 18.2 Å². The van der Waals surface area contributed by atoms with E-state index in [0.717, 1.165) is 27.9 Å². The molecule has 2 N–H and O–H groups in total. The second-order valence-corrected chi connectivity index (χ2v) is 2.28. The molecule has 0 aliphatic rings. The minimum absolute atomic E-state index is 0.322. The molecule has 2 nitrogen and oxygen atoms in total. The molecule has 0 saturated carbocycles. The number of aromatic hydroxyl groups is 1. The monoisotopic (exact) mass is 148 g/mol. The third-order valence-electron chi connectivity index (χ3n) is 0.756. The number of aliphatic hydroxyl groups is 1. The third kappa shape index (κ3) is 6.11. The van der Waals surface area contributed by atoms with E-state index >= 15 is 0 Å². The van der Waals surface area contributed by atoms with Gasteiger partial charge < -0.3 is 5.11 Å². The summed E-state index contributed by atoms with van der Waals surface area (Å²) >= 11 is 0.924. The van der Waals surface area contributed by atoms with Gasteiger partial charge in [-0.2, -0.15) is 0 Å². The van der Waals surface area contributed by atoms with Crippen molar-refractivity contribution in [1.82, 2.24) is 0 Å². The summed E-state index contributed by atoms with van der Waals surface area (Å²) in [5.41, 5.74) is 0. The van der Waals surface area contributed by atoms with Crippen LogP contribution in [0.25, 0.3) is 0 Å². The number of aliphatic hydroxyl groups excluding tert-OH is 1. The van der Waals surface area contributed by atoms with Crippen LogP contribution in [0.5, 0.6) is 5.75 Å². The Balaban J connectivity index is 0.000000236. The van der Waals surface area contributed by atoms with Crippen molar-refractivity contribution < 1.29 is 10.2 Å². The van der Waals surface area contributed by atoms with Gasteiger partial charge in [0.2, 0.25) is 0 Å². The zero-order valence-electron chi connectivity index (χ0n) is 5.99. The topological polar surface area (TPSA) is 40.5 Å². The first-order valence-electron chi connectivity index (χ1n) is 3.16. The molecule has 0 unspecified atom stereocenters. The molecule has 10 heavy (non-hydrogen) atoms. The number of para-hydroxylation sites is 1. The van der Waals surface area contributed by atoms with Crippen molar-refractivity contribution in [3.63, 3.8) is 0 Å². The molecule has 0 heterocycles. The quantitative estimate of drug-likeness (QED) is 0.526. The average Bonchev–Trinajstić information content (AvgIpc) is 1.91. The Morgan fingerprint density at radius 1 is 1.20 bits per heavy atom. The van der Waals surface area contributed by atoms with Gasteiger partial charge in [0.1, 0.15) is 5.75 Å². The van der Waals surface area contributed by atoms with E-state index in [9.17, 15) is 0 Å². The molecule has 0 amide bonds. The minimum atomic E-state index is 0.322. The summed E-state index contributed by atoms with van der Waals surface area (Å²) in [5.74, 6) is 0.322. The zero-order chi connectivity index (χ0) is 7.82. The van der Waals surface area contributed by atoms with Crippen LogP contribution in [-0.2, 0) is 0 Å². The maximum Gasteiger partial charge on any atom is 0.115 e. The maximum absolute atomic E-state index is 8.63. The van der Waals surface area contributed by atoms with Gasteiger partial charge in [-0.05, 0) is 12.1 Å². The fourth-order valence-corrected chi connectivity index (χ4v) is 0.428. The summed E-state index contributed by atoms with van der Waals surface area (Å²) in [6, 6.07) is 8.71. The van der Waals surface area contributed by atoms with Crippen LogP contribution >= 0.6 is 0 Å². The Hall–Kier alpha value is -0.0200. The molecule has 0 saturated heterocycles. The van der Waals surface area contributed by atoms with Crippen molar-refractivity contribution in [2.45, 2.75) is 0 Å². The summed E-state index contributed by atoms with van der Waals surface area (Å²) in [6.07, 6.45) is 0. The third-order valence-corrected chi connectivity index (χ3v) is 0.756. The van der Waals surface area contributed by atoms with Crippen LogP contribution in [0, 0.1) is 0 Å². The molecular weight excluding hydrogens is 139 g/mol. The Kier molecular flexibility index (Phi) is 7.08. The van der Waals surface area contributed by atoms with Crippen LogP contribution in [0.3, 0.4) is 0 Å². The van der Waals surface area contributed by atoms with E-state index < -0.39 is 0 Å². The molecule has 3 heteroatoms. The van der Waals surface area contributed by atoms with Crippen LogP contribution in [-0.4, -0.2) is 42.0 Å². The van der Waals surface area contributed by atoms with E-state index in [1.165, 1.54) is 0 Å². The molecule has 1 aromatic rings. The number of rotatable bonds is 0. The van der Waals surface area contributed by atoms with Crippen LogP contribution in [0.2, 0.25) is 0 Å². The molecule has 50 valence electrons. The molecule has 0 aromatic heterocycles. The van der Waals surface area contributed by atoms with Crippen molar-refractivity contribution in [3.05, 3.63) is 30.3 Å². The van der Waals surface area contributed by atoms with E-state index in [0.29, 0.717) is 9.61 Å². The molecule has 0 radical (unpaired) electrons. The van der Waals surface area contributed by atoms with E-state index in [1.807, 2.05) is 6.07 Å². The Bertz CT molecular complexity index is 153. The zero-order valence-corrected chi connectivity index (χ0v) is 7.99. The fourth-order valence-electron chi connectivity index (χ4n) is 0.428. The smallest absolute Gasteiger partial charge is 0.115 e. The van der Waals surface area contributed by atoms with Crippen LogP contribution in [0.4, 0.5) is 0 Å². The van der Waals surface area contributed by atoms with Crippen molar-refractivity contribution in [1.29, 1.82) is 0 Å². The van der Waals surface area contributed by atoms with Gasteiger partial charge in [-0.3, -0.25) is 0 Å². The molecule has 0 aliphatic carbocycles. The Morgan fingerprint density at radius 3 is 1.80 bits per heavy atom. The second kappa shape index (κ2) is 7.09. The maximum atomic E-state index is 8.63. The van der Waals surface area contributed by atoms with E-state index in [-0.39, 0.29) is 0 Å². The Morgan fingerprint density at radius 2 is 1.60 bits per heavy atom. The summed E-state index contributed by atoms with van der Waals surface area (Å²) in [6.45, 7) is 0. The summed E-state index contributed by atoms with van der Waals surface area (Å²) in [5, 5.41) is 16.3. The fraction of sp³-hybridized carbons (Fsp3) is 0.143. The molecule has 0 aliphatic heterocycles. The van der Waals surface area contributed by atoms with Gasteiger partial charge in [0.15, 0.2) is 0 Å². The largest absolute Gasteiger partial charge is 0.508 e. The predicted molar refractivity (Wildman–Crippen MR) is 40.9 cm³/mol. The number of hydrogen-bond acceptors (Lipinski definition) is 2. The van der Waals surface area contributed by atoms with Crippen LogP contribution in [0.15, 0.2) is 30.3 Å². The molecule has 0 atom stereocenters. The molecule has 0 bridgehead atoms. The number of phenolic OH excluding ortho intramolecular Hbond substituents is 1.